The first-order valence-electron chi connectivity index (χ1n) is 4.28. The zero-order chi connectivity index (χ0) is 12.1. The molecule has 0 saturated carbocycles. The fraction of sp³-hybridized carbons (Fsp3) is 0.833. The number of rotatable bonds is 6. The van der Waals surface area contributed by atoms with E-state index in [0.717, 1.165) is 0 Å². The van der Waals surface area contributed by atoms with E-state index in [9.17, 15) is 8.42 Å². The van der Waals surface area contributed by atoms with E-state index in [0.29, 0.717) is 6.54 Å². The molecule has 9 heteroatoms. The smallest absolute Gasteiger partial charge is 0.286 e. The minimum Gasteiger partial charge on any atom is -0.369 e. The molecule has 0 fully saturated rings. The molecule has 0 spiro atoms. The molecule has 0 bridgehead atoms. The second kappa shape index (κ2) is 5.26. The topological polar surface area (TPSA) is 140 Å². The first-order valence-corrected chi connectivity index (χ1v) is 5.72. The lowest BCUT2D eigenvalue weighted by Crippen LogP contribution is -2.62. The Balaban J connectivity index is 4.63. The molecule has 90 valence electrons. The van der Waals surface area contributed by atoms with Crippen LogP contribution in [-0.4, -0.2) is 36.9 Å². The highest BCUT2D eigenvalue weighted by molar-refractivity contribution is 7.87. The Morgan fingerprint density at radius 2 is 2.13 bits per heavy atom. The van der Waals surface area contributed by atoms with E-state index in [1.165, 1.54) is 6.92 Å². The van der Waals surface area contributed by atoms with Crippen molar-refractivity contribution in [1.29, 1.82) is 5.41 Å². The summed E-state index contributed by atoms with van der Waals surface area (Å²) in [6.45, 7) is 3.58. The van der Waals surface area contributed by atoms with Crippen LogP contribution in [0.25, 0.3) is 0 Å². The summed E-state index contributed by atoms with van der Waals surface area (Å²) in [6, 6.07) is 0. The van der Waals surface area contributed by atoms with Gasteiger partial charge in [0, 0.05) is 6.54 Å². The predicted octanol–water partition coefficient (Wildman–Crippen LogP) is -1.81. The maximum atomic E-state index is 11.1. The second-order valence-corrected chi connectivity index (χ2v) is 5.00. The molecule has 0 aliphatic rings. The first kappa shape index (κ1) is 14.1. The standard InChI is InChI=1S/C6H17N5O3S/c1-3-9-4-6(2,15(12,13)14)11-10-5(7)8/h9,11H,3-4H2,1-2H3,(H4,7,8,10)(H,12,13,14). The van der Waals surface area contributed by atoms with Crippen molar-refractivity contribution in [3.8, 4) is 0 Å². The van der Waals surface area contributed by atoms with E-state index >= 15 is 0 Å². The van der Waals surface area contributed by atoms with Gasteiger partial charge < -0.3 is 11.1 Å². The summed E-state index contributed by atoms with van der Waals surface area (Å²) < 4.78 is 31.1. The molecule has 0 aromatic carbocycles. The van der Waals surface area contributed by atoms with Crippen molar-refractivity contribution < 1.29 is 13.0 Å². The van der Waals surface area contributed by atoms with Crippen molar-refractivity contribution in [2.75, 3.05) is 13.1 Å². The van der Waals surface area contributed by atoms with Crippen LogP contribution >= 0.6 is 0 Å². The SMILES string of the molecule is CCNCC(C)(NNC(=N)N)S(=O)(=O)O. The largest absolute Gasteiger partial charge is 0.369 e. The van der Waals surface area contributed by atoms with Gasteiger partial charge in [0.2, 0.25) is 0 Å². The molecule has 0 saturated heterocycles. The van der Waals surface area contributed by atoms with Crippen LogP contribution in [0.15, 0.2) is 0 Å². The van der Waals surface area contributed by atoms with Crippen LogP contribution in [0.1, 0.15) is 13.8 Å². The molecule has 0 aromatic rings. The molecule has 0 aromatic heterocycles. The van der Waals surface area contributed by atoms with Crippen LogP contribution in [0.3, 0.4) is 0 Å². The minimum atomic E-state index is -4.32. The fourth-order valence-electron chi connectivity index (χ4n) is 0.763. The lowest BCUT2D eigenvalue weighted by molar-refractivity contribution is 0.366. The van der Waals surface area contributed by atoms with Gasteiger partial charge >= 0.3 is 0 Å². The third-order valence-corrected chi connectivity index (χ3v) is 3.13. The van der Waals surface area contributed by atoms with Crippen molar-refractivity contribution in [3.05, 3.63) is 0 Å². The van der Waals surface area contributed by atoms with E-state index in [-0.39, 0.29) is 6.54 Å². The zero-order valence-corrected chi connectivity index (χ0v) is 9.48. The summed E-state index contributed by atoms with van der Waals surface area (Å²) >= 11 is 0. The normalized spacial score (nSPS) is 15.7. The monoisotopic (exact) mass is 239 g/mol. The maximum Gasteiger partial charge on any atom is 0.286 e. The molecule has 15 heavy (non-hydrogen) atoms. The zero-order valence-electron chi connectivity index (χ0n) is 8.66. The van der Waals surface area contributed by atoms with Gasteiger partial charge in [0.1, 0.15) is 0 Å². The van der Waals surface area contributed by atoms with Gasteiger partial charge in [-0.2, -0.15) is 8.42 Å². The number of guanidine groups is 1. The van der Waals surface area contributed by atoms with Crippen LogP contribution < -0.4 is 21.9 Å². The van der Waals surface area contributed by atoms with Crippen LogP contribution in [-0.2, 0) is 10.1 Å². The Hall–Kier alpha value is -0.900. The lowest BCUT2D eigenvalue weighted by Gasteiger charge is -2.27. The van der Waals surface area contributed by atoms with Crippen molar-refractivity contribution in [2.24, 2.45) is 5.73 Å². The number of nitrogens with one attached hydrogen (secondary N) is 4. The van der Waals surface area contributed by atoms with Gasteiger partial charge in [0.05, 0.1) is 0 Å². The van der Waals surface area contributed by atoms with Crippen LogP contribution in [0.4, 0.5) is 0 Å². The van der Waals surface area contributed by atoms with E-state index in [1.807, 2.05) is 0 Å². The van der Waals surface area contributed by atoms with Gasteiger partial charge in [0.15, 0.2) is 10.8 Å². The highest BCUT2D eigenvalue weighted by atomic mass is 32.2. The van der Waals surface area contributed by atoms with Gasteiger partial charge in [-0.25, -0.2) is 5.43 Å². The van der Waals surface area contributed by atoms with E-state index in [2.05, 4.69) is 16.2 Å². The molecule has 0 rings (SSSR count). The van der Waals surface area contributed by atoms with Crippen LogP contribution in [0.5, 0.6) is 0 Å². The van der Waals surface area contributed by atoms with Crippen molar-refractivity contribution >= 4 is 16.1 Å². The van der Waals surface area contributed by atoms with Gasteiger partial charge in [0.25, 0.3) is 10.1 Å². The van der Waals surface area contributed by atoms with Gasteiger partial charge in [-0.05, 0) is 13.5 Å². The van der Waals surface area contributed by atoms with Crippen molar-refractivity contribution in [1.82, 2.24) is 16.2 Å². The van der Waals surface area contributed by atoms with Gasteiger partial charge in [-0.15, -0.1) is 0 Å². The number of hydrazine groups is 1. The summed E-state index contributed by atoms with van der Waals surface area (Å²) in [4.78, 5) is -1.64. The number of nitrogens with two attached hydrogens (primary N) is 1. The molecule has 1 atom stereocenters. The molecule has 0 radical (unpaired) electrons. The Morgan fingerprint density at radius 3 is 2.47 bits per heavy atom. The molecule has 0 aliphatic carbocycles. The Labute approximate surface area is 88.8 Å². The lowest BCUT2D eigenvalue weighted by atomic mass is 10.3. The predicted molar refractivity (Wildman–Crippen MR) is 56.7 cm³/mol. The first-order chi connectivity index (χ1) is 6.73. The Kier molecular flexibility index (Phi) is 4.94. The van der Waals surface area contributed by atoms with E-state index in [1.54, 1.807) is 6.92 Å². The van der Waals surface area contributed by atoms with Crippen LogP contribution in [0, 0.1) is 5.41 Å². The van der Waals surface area contributed by atoms with E-state index in [4.69, 9.17) is 15.7 Å². The molecule has 0 aliphatic heterocycles. The average Bonchev–Trinajstić information content (AvgIpc) is 2.09. The minimum absolute atomic E-state index is 0.0252. The average molecular weight is 239 g/mol. The molecule has 0 amide bonds. The summed E-state index contributed by atoms with van der Waals surface area (Å²) in [5.74, 6) is -0.443. The number of likely N-dealkylation sites (N-methyl/N-ethyl adjacent to an activating group) is 1. The molecule has 1 unspecified atom stereocenters. The molecular formula is C6H17N5O3S. The summed E-state index contributed by atoms with van der Waals surface area (Å²) in [7, 11) is -4.32. The maximum absolute atomic E-state index is 11.1. The number of hydrogen-bond donors (Lipinski definition) is 6. The Bertz CT molecular complexity index is 317. The van der Waals surface area contributed by atoms with Gasteiger partial charge in [-0.1, -0.05) is 6.92 Å². The Morgan fingerprint density at radius 1 is 1.60 bits per heavy atom. The quantitative estimate of drug-likeness (QED) is 0.139. The molecule has 0 heterocycles. The third-order valence-electron chi connectivity index (χ3n) is 1.74. The highest BCUT2D eigenvalue weighted by Gasteiger charge is 2.37. The number of hydrogen-bond acceptors (Lipinski definition) is 5. The van der Waals surface area contributed by atoms with E-state index < -0.39 is 20.9 Å². The van der Waals surface area contributed by atoms with Gasteiger partial charge in [-0.3, -0.25) is 15.4 Å². The van der Waals surface area contributed by atoms with Crippen LogP contribution in [0.2, 0.25) is 0 Å². The molecular weight excluding hydrogens is 222 g/mol. The highest BCUT2D eigenvalue weighted by Crippen LogP contribution is 2.09. The van der Waals surface area contributed by atoms with Crippen molar-refractivity contribution in [3.63, 3.8) is 0 Å². The molecule has 7 N–H and O–H groups in total. The second-order valence-electron chi connectivity index (χ2n) is 3.15. The summed E-state index contributed by atoms with van der Waals surface area (Å²) in [6.07, 6.45) is 0. The summed E-state index contributed by atoms with van der Waals surface area (Å²) in [5, 5.41) is 9.63. The molecule has 8 nitrogen and oxygen atoms in total. The fourth-order valence-corrected chi connectivity index (χ4v) is 1.23. The summed E-state index contributed by atoms with van der Waals surface area (Å²) in [5.41, 5.74) is 9.39. The third kappa shape index (κ3) is 4.42. The van der Waals surface area contributed by atoms with Crippen molar-refractivity contribution in [2.45, 2.75) is 18.7 Å².